The number of hydrogen-bond acceptors (Lipinski definition) is 5. The van der Waals surface area contributed by atoms with Crippen LogP contribution in [0.3, 0.4) is 0 Å². The quantitative estimate of drug-likeness (QED) is 0.489. The Balaban J connectivity index is 1.24. The zero-order valence-electron chi connectivity index (χ0n) is 16.7. The Hall–Kier alpha value is -1.67. The van der Waals surface area contributed by atoms with Crippen molar-refractivity contribution in [3.63, 3.8) is 0 Å². The molecule has 0 bridgehead atoms. The summed E-state index contributed by atoms with van der Waals surface area (Å²) < 4.78 is 0. The molecular formula is C22H21Cl3N4OS. The fourth-order valence-corrected chi connectivity index (χ4v) is 4.77. The second kappa shape index (κ2) is 10.3. The lowest BCUT2D eigenvalue weighted by Crippen LogP contribution is -2.48. The molecule has 1 fully saturated rings. The number of halogens is 3. The van der Waals surface area contributed by atoms with E-state index in [0.717, 1.165) is 49.5 Å². The number of amides is 1. The van der Waals surface area contributed by atoms with E-state index in [0.29, 0.717) is 26.7 Å². The highest BCUT2D eigenvalue weighted by atomic mass is 35.5. The third kappa shape index (κ3) is 6.19. The third-order valence-corrected chi connectivity index (χ3v) is 6.73. The Morgan fingerprint density at radius 2 is 1.65 bits per heavy atom. The lowest BCUT2D eigenvalue weighted by atomic mass is 10.2. The summed E-state index contributed by atoms with van der Waals surface area (Å²) in [6.07, 6.45) is 0. The van der Waals surface area contributed by atoms with E-state index >= 15 is 0 Å². The highest BCUT2D eigenvalue weighted by molar-refractivity contribution is 7.14. The van der Waals surface area contributed by atoms with E-state index in [1.807, 2.05) is 41.8 Å². The van der Waals surface area contributed by atoms with Crippen LogP contribution in [0, 0.1) is 0 Å². The van der Waals surface area contributed by atoms with Gasteiger partial charge in [-0.1, -0.05) is 53.0 Å². The summed E-state index contributed by atoms with van der Waals surface area (Å²) in [7, 11) is 0. The van der Waals surface area contributed by atoms with Gasteiger partial charge in [-0.3, -0.25) is 14.6 Å². The number of nitrogens with zero attached hydrogens (tertiary/aromatic N) is 3. The lowest BCUT2D eigenvalue weighted by Gasteiger charge is -2.34. The molecule has 0 unspecified atom stereocenters. The zero-order chi connectivity index (χ0) is 21.8. The van der Waals surface area contributed by atoms with E-state index in [-0.39, 0.29) is 5.91 Å². The normalized spacial score (nSPS) is 15.2. The van der Waals surface area contributed by atoms with Gasteiger partial charge in [0.25, 0.3) is 0 Å². The Morgan fingerprint density at radius 1 is 0.968 bits per heavy atom. The molecule has 2 heterocycles. The summed E-state index contributed by atoms with van der Waals surface area (Å²) >= 11 is 19.6. The van der Waals surface area contributed by atoms with Gasteiger partial charge in [-0.2, -0.15) is 0 Å². The van der Waals surface area contributed by atoms with Crippen molar-refractivity contribution in [2.75, 3.05) is 38.0 Å². The topological polar surface area (TPSA) is 48.5 Å². The Kier molecular flexibility index (Phi) is 7.48. The monoisotopic (exact) mass is 494 g/mol. The summed E-state index contributed by atoms with van der Waals surface area (Å²) in [4.78, 5) is 21.5. The smallest absolute Gasteiger partial charge is 0.240 e. The molecule has 0 radical (unpaired) electrons. The van der Waals surface area contributed by atoms with Crippen molar-refractivity contribution in [3.05, 3.63) is 68.5 Å². The number of piperazine rings is 1. The van der Waals surface area contributed by atoms with Crippen LogP contribution in [0.5, 0.6) is 0 Å². The van der Waals surface area contributed by atoms with Crippen molar-refractivity contribution >= 4 is 57.2 Å². The minimum atomic E-state index is -0.0498. The van der Waals surface area contributed by atoms with Gasteiger partial charge in [-0.15, -0.1) is 11.3 Å². The number of benzene rings is 2. The van der Waals surface area contributed by atoms with Crippen LogP contribution in [0.4, 0.5) is 5.13 Å². The average molecular weight is 496 g/mol. The molecule has 5 nitrogen and oxygen atoms in total. The van der Waals surface area contributed by atoms with Crippen LogP contribution >= 0.6 is 46.1 Å². The summed E-state index contributed by atoms with van der Waals surface area (Å²) in [5.74, 6) is -0.0498. The van der Waals surface area contributed by atoms with E-state index in [2.05, 4.69) is 20.1 Å². The Labute approximate surface area is 200 Å². The van der Waals surface area contributed by atoms with E-state index in [1.54, 1.807) is 6.07 Å². The molecular weight excluding hydrogens is 475 g/mol. The molecule has 162 valence electrons. The van der Waals surface area contributed by atoms with Crippen LogP contribution in [0.15, 0.2) is 47.8 Å². The van der Waals surface area contributed by atoms with Gasteiger partial charge in [-0.05, 0) is 29.8 Å². The molecule has 0 atom stereocenters. The largest absolute Gasteiger partial charge is 0.301 e. The first-order valence-corrected chi connectivity index (χ1v) is 11.9. The number of nitrogens with one attached hydrogen (secondary N) is 1. The van der Waals surface area contributed by atoms with Gasteiger partial charge < -0.3 is 5.32 Å². The van der Waals surface area contributed by atoms with Crippen LogP contribution in [-0.4, -0.2) is 53.4 Å². The van der Waals surface area contributed by atoms with Gasteiger partial charge in [0.1, 0.15) is 0 Å². The van der Waals surface area contributed by atoms with Crippen LogP contribution < -0.4 is 5.32 Å². The van der Waals surface area contributed by atoms with Crippen molar-refractivity contribution in [2.45, 2.75) is 6.54 Å². The zero-order valence-corrected chi connectivity index (χ0v) is 19.7. The molecule has 1 saturated heterocycles. The first kappa shape index (κ1) is 22.5. The Bertz CT molecular complexity index is 1050. The maximum atomic E-state index is 12.5. The predicted octanol–water partition coefficient (Wildman–Crippen LogP) is 5.53. The molecule has 1 N–H and O–H groups in total. The van der Waals surface area contributed by atoms with Crippen molar-refractivity contribution < 1.29 is 4.79 Å². The molecule has 1 amide bonds. The van der Waals surface area contributed by atoms with Gasteiger partial charge in [0.05, 0.1) is 12.2 Å². The number of rotatable bonds is 6. The molecule has 0 saturated carbocycles. The van der Waals surface area contributed by atoms with Gasteiger partial charge in [0, 0.05) is 58.7 Å². The number of aromatic nitrogens is 1. The number of anilines is 1. The van der Waals surface area contributed by atoms with Crippen LogP contribution in [0.1, 0.15) is 5.56 Å². The van der Waals surface area contributed by atoms with E-state index in [1.165, 1.54) is 11.3 Å². The highest BCUT2D eigenvalue weighted by Crippen LogP contribution is 2.26. The summed E-state index contributed by atoms with van der Waals surface area (Å²) in [5, 5.41) is 7.46. The first-order chi connectivity index (χ1) is 15.0. The van der Waals surface area contributed by atoms with Crippen LogP contribution in [0.2, 0.25) is 15.1 Å². The molecule has 31 heavy (non-hydrogen) atoms. The summed E-state index contributed by atoms with van der Waals surface area (Å²) in [6.45, 7) is 4.54. The molecule has 3 aromatic rings. The van der Waals surface area contributed by atoms with Crippen molar-refractivity contribution in [1.82, 2.24) is 14.8 Å². The predicted molar refractivity (Wildman–Crippen MR) is 129 cm³/mol. The molecule has 2 aromatic carbocycles. The number of carbonyl (C=O) groups is 1. The molecule has 1 aromatic heterocycles. The van der Waals surface area contributed by atoms with Crippen molar-refractivity contribution in [2.24, 2.45) is 0 Å². The highest BCUT2D eigenvalue weighted by Gasteiger charge is 2.20. The number of hydrogen-bond donors (Lipinski definition) is 1. The minimum Gasteiger partial charge on any atom is -0.301 e. The molecule has 1 aliphatic heterocycles. The van der Waals surface area contributed by atoms with E-state index in [9.17, 15) is 4.79 Å². The van der Waals surface area contributed by atoms with Gasteiger partial charge in [-0.25, -0.2) is 4.98 Å². The average Bonchev–Trinajstić information content (AvgIpc) is 3.20. The number of carbonyl (C=O) groups excluding carboxylic acids is 1. The lowest BCUT2D eigenvalue weighted by molar-refractivity contribution is -0.117. The van der Waals surface area contributed by atoms with Gasteiger partial charge in [0.15, 0.2) is 5.13 Å². The second-order valence-electron chi connectivity index (χ2n) is 7.38. The maximum Gasteiger partial charge on any atom is 0.240 e. The fourth-order valence-electron chi connectivity index (χ4n) is 3.44. The standard InChI is InChI=1S/C22H21Cl3N4OS/c23-17-4-1-15(2-5-17)20-14-31-22(26-20)27-21(30)13-29-9-7-28(8-10-29)12-16-3-6-18(24)11-19(16)25/h1-6,11,14H,7-10,12-13H2,(H,26,27,30). The fraction of sp³-hybridized carbons (Fsp3) is 0.273. The molecule has 0 aliphatic carbocycles. The molecule has 4 rings (SSSR count). The molecule has 9 heteroatoms. The summed E-state index contributed by atoms with van der Waals surface area (Å²) in [5.41, 5.74) is 2.86. The van der Waals surface area contributed by atoms with Crippen LogP contribution in [0.25, 0.3) is 11.3 Å². The van der Waals surface area contributed by atoms with Crippen molar-refractivity contribution in [1.29, 1.82) is 0 Å². The van der Waals surface area contributed by atoms with E-state index in [4.69, 9.17) is 34.8 Å². The Morgan fingerprint density at radius 3 is 2.35 bits per heavy atom. The van der Waals surface area contributed by atoms with Crippen LogP contribution in [-0.2, 0) is 11.3 Å². The SMILES string of the molecule is O=C(CN1CCN(Cc2ccc(Cl)cc2Cl)CC1)Nc1nc(-c2ccc(Cl)cc2)cs1. The van der Waals surface area contributed by atoms with Crippen molar-refractivity contribution in [3.8, 4) is 11.3 Å². The maximum absolute atomic E-state index is 12.5. The first-order valence-electron chi connectivity index (χ1n) is 9.86. The minimum absolute atomic E-state index is 0.0498. The second-order valence-corrected chi connectivity index (χ2v) is 9.52. The van der Waals surface area contributed by atoms with E-state index < -0.39 is 0 Å². The third-order valence-electron chi connectivity index (χ3n) is 5.13. The molecule has 0 spiro atoms. The van der Waals surface area contributed by atoms with Gasteiger partial charge in [0.2, 0.25) is 5.91 Å². The number of thiazole rings is 1. The van der Waals surface area contributed by atoms with Gasteiger partial charge >= 0.3 is 0 Å². The molecule has 1 aliphatic rings. The summed E-state index contributed by atoms with van der Waals surface area (Å²) in [6, 6.07) is 13.1.